The Kier molecular flexibility index (Phi) is 4.12. The molecular weight excluding hydrogens is 352 g/mol. The Morgan fingerprint density at radius 3 is 2.86 bits per heavy atom. The van der Waals surface area contributed by atoms with E-state index in [9.17, 15) is 0 Å². The van der Waals surface area contributed by atoms with Crippen LogP contribution < -0.4 is 0 Å². The summed E-state index contributed by atoms with van der Waals surface area (Å²) in [6.07, 6.45) is 0. The van der Waals surface area contributed by atoms with Crippen LogP contribution in [-0.2, 0) is 12.8 Å². The van der Waals surface area contributed by atoms with Crippen LogP contribution in [0.15, 0.2) is 44.4 Å². The molecule has 0 spiro atoms. The fraction of sp³-hybridized carbons (Fsp3) is 0.214. The van der Waals surface area contributed by atoms with Crippen molar-refractivity contribution >= 4 is 27.7 Å². The monoisotopic (exact) mass is 364 g/mol. The Balaban J connectivity index is 1.70. The zero-order valence-corrected chi connectivity index (χ0v) is 14.0. The van der Waals surface area contributed by atoms with E-state index >= 15 is 0 Å². The molecular formula is C14H13BrN4OS. The zero-order chi connectivity index (χ0) is 14.8. The first-order valence-corrected chi connectivity index (χ1v) is 8.11. The van der Waals surface area contributed by atoms with E-state index in [-0.39, 0.29) is 0 Å². The van der Waals surface area contributed by atoms with Crippen molar-refractivity contribution in [3.63, 3.8) is 0 Å². The summed E-state index contributed by atoms with van der Waals surface area (Å²) in [4.78, 5) is 0. The minimum atomic E-state index is 0.454. The molecule has 0 fully saturated rings. The van der Waals surface area contributed by atoms with Gasteiger partial charge in [-0.05, 0) is 30.7 Å². The Labute approximate surface area is 134 Å². The van der Waals surface area contributed by atoms with E-state index in [1.54, 1.807) is 4.68 Å². The summed E-state index contributed by atoms with van der Waals surface area (Å²) < 4.78 is 8.49. The molecule has 5 nitrogen and oxygen atoms in total. The lowest BCUT2D eigenvalue weighted by atomic mass is 10.2. The Morgan fingerprint density at radius 2 is 2.14 bits per heavy atom. The molecule has 108 valence electrons. The molecule has 0 N–H and O–H groups in total. The second-order valence-corrected chi connectivity index (χ2v) is 6.43. The van der Waals surface area contributed by atoms with Gasteiger partial charge in [-0.15, -0.1) is 10.2 Å². The van der Waals surface area contributed by atoms with Crippen molar-refractivity contribution in [3.05, 3.63) is 46.1 Å². The molecule has 0 saturated carbocycles. The molecule has 2 aromatic heterocycles. The summed E-state index contributed by atoms with van der Waals surface area (Å²) in [6, 6.07) is 10.1. The van der Waals surface area contributed by atoms with E-state index in [4.69, 9.17) is 4.42 Å². The predicted molar refractivity (Wildman–Crippen MR) is 84.9 cm³/mol. The van der Waals surface area contributed by atoms with Crippen LogP contribution in [0.2, 0.25) is 0 Å². The van der Waals surface area contributed by atoms with Crippen molar-refractivity contribution < 1.29 is 4.42 Å². The molecule has 0 radical (unpaired) electrons. The molecule has 1 aromatic carbocycles. The molecule has 0 atom stereocenters. The standard InChI is InChI=1S/C14H13BrN4OS/c1-9-6-12(18-19(9)2)13-16-17-14(20-13)21-8-10-4-3-5-11(15)7-10/h3-7H,8H2,1-2H3. The number of thioether (sulfide) groups is 1. The smallest absolute Gasteiger partial charge is 0.277 e. The van der Waals surface area contributed by atoms with E-state index in [2.05, 4.69) is 43.4 Å². The second kappa shape index (κ2) is 6.03. The van der Waals surface area contributed by atoms with Gasteiger partial charge in [0, 0.05) is 23.0 Å². The molecule has 3 rings (SSSR count). The lowest BCUT2D eigenvalue weighted by Crippen LogP contribution is -1.92. The largest absolute Gasteiger partial charge is 0.410 e. The Bertz CT molecular complexity index is 748. The third-order valence-corrected chi connectivity index (χ3v) is 4.37. The SMILES string of the molecule is Cc1cc(-c2nnc(SCc3cccc(Br)c3)o2)nn1C. The highest BCUT2D eigenvalue weighted by Crippen LogP contribution is 2.26. The molecule has 0 aliphatic heterocycles. The minimum Gasteiger partial charge on any atom is -0.410 e. The number of benzene rings is 1. The fourth-order valence-electron chi connectivity index (χ4n) is 1.81. The molecule has 0 aliphatic rings. The molecule has 3 aromatic rings. The van der Waals surface area contributed by atoms with Crippen LogP contribution in [0.4, 0.5) is 0 Å². The van der Waals surface area contributed by atoms with Gasteiger partial charge in [0.05, 0.1) is 0 Å². The molecule has 21 heavy (non-hydrogen) atoms. The molecule has 0 saturated heterocycles. The number of aryl methyl sites for hydroxylation is 2. The van der Waals surface area contributed by atoms with Crippen molar-refractivity contribution in [1.29, 1.82) is 0 Å². The van der Waals surface area contributed by atoms with Gasteiger partial charge in [0.25, 0.3) is 11.1 Å². The third-order valence-electron chi connectivity index (χ3n) is 2.99. The van der Waals surface area contributed by atoms with Crippen molar-refractivity contribution in [3.8, 4) is 11.6 Å². The first kappa shape index (κ1) is 14.3. The van der Waals surface area contributed by atoms with E-state index in [0.717, 1.165) is 15.9 Å². The summed E-state index contributed by atoms with van der Waals surface area (Å²) in [5, 5.41) is 13.0. The van der Waals surface area contributed by atoms with Gasteiger partial charge < -0.3 is 4.42 Å². The average molecular weight is 365 g/mol. The number of nitrogens with zero attached hydrogens (tertiary/aromatic N) is 4. The summed E-state index contributed by atoms with van der Waals surface area (Å²) in [5.74, 6) is 1.23. The number of rotatable bonds is 4. The zero-order valence-electron chi connectivity index (χ0n) is 11.6. The van der Waals surface area contributed by atoms with Crippen LogP contribution in [0.25, 0.3) is 11.6 Å². The number of hydrogen-bond acceptors (Lipinski definition) is 5. The molecule has 0 unspecified atom stereocenters. The summed E-state index contributed by atoms with van der Waals surface area (Å²) in [5.41, 5.74) is 2.95. The van der Waals surface area contributed by atoms with Crippen molar-refractivity contribution in [2.75, 3.05) is 0 Å². The van der Waals surface area contributed by atoms with Gasteiger partial charge in [-0.25, -0.2) is 0 Å². The van der Waals surface area contributed by atoms with Crippen molar-refractivity contribution in [1.82, 2.24) is 20.0 Å². The van der Waals surface area contributed by atoms with Crippen LogP contribution in [0, 0.1) is 6.92 Å². The second-order valence-electron chi connectivity index (χ2n) is 4.59. The van der Waals surface area contributed by atoms with E-state index in [1.807, 2.05) is 32.2 Å². The topological polar surface area (TPSA) is 56.7 Å². The first-order chi connectivity index (χ1) is 10.1. The highest BCUT2D eigenvalue weighted by Gasteiger charge is 2.13. The number of aromatic nitrogens is 4. The van der Waals surface area contributed by atoms with Gasteiger partial charge in [-0.1, -0.05) is 39.8 Å². The van der Waals surface area contributed by atoms with Gasteiger partial charge in [0.15, 0.2) is 0 Å². The summed E-state index contributed by atoms with van der Waals surface area (Å²) in [6.45, 7) is 1.98. The molecule has 0 bridgehead atoms. The van der Waals surface area contributed by atoms with Crippen LogP contribution in [0.1, 0.15) is 11.3 Å². The third kappa shape index (κ3) is 3.36. The fourth-order valence-corrected chi connectivity index (χ4v) is 2.96. The number of hydrogen-bond donors (Lipinski definition) is 0. The van der Waals surface area contributed by atoms with Gasteiger partial charge in [-0.2, -0.15) is 5.10 Å². The van der Waals surface area contributed by atoms with Crippen LogP contribution in [0.5, 0.6) is 0 Å². The Morgan fingerprint density at radius 1 is 1.29 bits per heavy atom. The maximum absolute atomic E-state index is 5.64. The maximum atomic E-state index is 5.64. The van der Waals surface area contributed by atoms with Crippen LogP contribution in [-0.4, -0.2) is 20.0 Å². The van der Waals surface area contributed by atoms with Crippen molar-refractivity contribution in [2.45, 2.75) is 17.9 Å². The highest BCUT2D eigenvalue weighted by molar-refractivity contribution is 9.10. The predicted octanol–water partition coefficient (Wildman–Crippen LogP) is 3.83. The molecule has 0 aliphatic carbocycles. The lowest BCUT2D eigenvalue weighted by Gasteiger charge is -1.98. The quantitative estimate of drug-likeness (QED) is 0.658. The normalized spacial score (nSPS) is 11.0. The van der Waals surface area contributed by atoms with Gasteiger partial charge in [0.1, 0.15) is 5.69 Å². The van der Waals surface area contributed by atoms with Crippen LogP contribution >= 0.6 is 27.7 Å². The van der Waals surface area contributed by atoms with Gasteiger partial charge in [-0.3, -0.25) is 4.68 Å². The van der Waals surface area contributed by atoms with Crippen molar-refractivity contribution in [2.24, 2.45) is 7.05 Å². The highest BCUT2D eigenvalue weighted by atomic mass is 79.9. The lowest BCUT2D eigenvalue weighted by molar-refractivity contribution is 0.464. The van der Waals surface area contributed by atoms with E-state index < -0.39 is 0 Å². The van der Waals surface area contributed by atoms with E-state index in [1.165, 1.54) is 17.3 Å². The van der Waals surface area contributed by atoms with E-state index in [0.29, 0.717) is 16.8 Å². The molecule has 7 heteroatoms. The molecule has 0 amide bonds. The van der Waals surface area contributed by atoms with Gasteiger partial charge in [0.2, 0.25) is 0 Å². The molecule has 2 heterocycles. The maximum Gasteiger partial charge on any atom is 0.277 e. The number of halogens is 1. The average Bonchev–Trinajstić information content (AvgIpc) is 3.04. The Hall–Kier alpha value is -1.60. The summed E-state index contributed by atoms with van der Waals surface area (Å²) in [7, 11) is 1.89. The van der Waals surface area contributed by atoms with Gasteiger partial charge >= 0.3 is 0 Å². The van der Waals surface area contributed by atoms with Crippen LogP contribution in [0.3, 0.4) is 0 Å². The minimum absolute atomic E-state index is 0.454. The first-order valence-electron chi connectivity index (χ1n) is 6.33. The summed E-state index contributed by atoms with van der Waals surface area (Å²) >= 11 is 4.97.